The molecular formula is C12H19BrN2S. The second-order valence-corrected chi connectivity index (χ2v) is 6.40. The Kier molecular flexibility index (Phi) is 4.41. The molecule has 2 rings (SSSR count). The summed E-state index contributed by atoms with van der Waals surface area (Å²) in [6.07, 6.45) is 2.54. The van der Waals surface area contributed by atoms with Gasteiger partial charge in [0.2, 0.25) is 0 Å². The van der Waals surface area contributed by atoms with Crippen molar-refractivity contribution in [3.8, 4) is 0 Å². The molecule has 90 valence electrons. The first-order valence-electron chi connectivity index (χ1n) is 5.84. The Bertz CT molecular complexity index is 332. The van der Waals surface area contributed by atoms with E-state index < -0.39 is 0 Å². The first-order chi connectivity index (χ1) is 7.66. The summed E-state index contributed by atoms with van der Waals surface area (Å²) < 4.78 is 1.24. The molecule has 0 saturated carbocycles. The fraction of sp³-hybridized carbons (Fsp3) is 0.667. The van der Waals surface area contributed by atoms with Crippen LogP contribution in [0.15, 0.2) is 15.9 Å². The van der Waals surface area contributed by atoms with Gasteiger partial charge in [0.05, 0.1) is 0 Å². The molecular weight excluding hydrogens is 284 g/mol. The summed E-state index contributed by atoms with van der Waals surface area (Å²) in [6, 6.07) is 3.27. The van der Waals surface area contributed by atoms with Crippen molar-refractivity contribution in [2.24, 2.45) is 0 Å². The molecule has 16 heavy (non-hydrogen) atoms. The van der Waals surface area contributed by atoms with E-state index in [9.17, 15) is 0 Å². The van der Waals surface area contributed by atoms with Gasteiger partial charge in [0.25, 0.3) is 0 Å². The molecule has 4 heteroatoms. The second kappa shape index (κ2) is 5.63. The molecule has 0 aromatic carbocycles. The lowest BCUT2D eigenvalue weighted by Crippen LogP contribution is -2.41. The zero-order valence-corrected chi connectivity index (χ0v) is 12.3. The minimum Gasteiger partial charge on any atom is -0.307 e. The SMILES string of the molecule is CC(NC1CCN(C)CC1)c1sccc1Br. The van der Waals surface area contributed by atoms with E-state index >= 15 is 0 Å². The van der Waals surface area contributed by atoms with Crippen LogP contribution in [0.1, 0.15) is 30.7 Å². The number of halogens is 1. The van der Waals surface area contributed by atoms with Crippen molar-refractivity contribution < 1.29 is 0 Å². The summed E-state index contributed by atoms with van der Waals surface area (Å²) in [4.78, 5) is 3.82. The van der Waals surface area contributed by atoms with E-state index in [1.54, 1.807) is 0 Å². The van der Waals surface area contributed by atoms with Gasteiger partial charge < -0.3 is 10.2 Å². The smallest absolute Gasteiger partial charge is 0.0399 e. The van der Waals surface area contributed by atoms with Crippen LogP contribution in [0.5, 0.6) is 0 Å². The monoisotopic (exact) mass is 302 g/mol. The van der Waals surface area contributed by atoms with Crippen LogP contribution in [-0.2, 0) is 0 Å². The number of rotatable bonds is 3. The van der Waals surface area contributed by atoms with Crippen molar-refractivity contribution in [1.29, 1.82) is 0 Å². The van der Waals surface area contributed by atoms with Crippen LogP contribution in [0.3, 0.4) is 0 Å². The van der Waals surface area contributed by atoms with E-state index in [1.165, 1.54) is 35.3 Å². The number of likely N-dealkylation sites (tertiary alicyclic amines) is 1. The highest BCUT2D eigenvalue weighted by Crippen LogP contribution is 2.29. The van der Waals surface area contributed by atoms with E-state index in [1.807, 2.05) is 11.3 Å². The average Bonchev–Trinajstić information content (AvgIpc) is 2.68. The molecule has 1 fully saturated rings. The van der Waals surface area contributed by atoms with E-state index in [-0.39, 0.29) is 0 Å². The molecule has 0 spiro atoms. The van der Waals surface area contributed by atoms with Crippen LogP contribution in [0.4, 0.5) is 0 Å². The van der Waals surface area contributed by atoms with Crippen LogP contribution >= 0.6 is 27.3 Å². The third kappa shape index (κ3) is 3.06. The summed E-state index contributed by atoms with van der Waals surface area (Å²) in [5.41, 5.74) is 0. The fourth-order valence-corrected chi connectivity index (χ4v) is 3.95. The van der Waals surface area contributed by atoms with Gasteiger partial charge in [-0.2, -0.15) is 0 Å². The van der Waals surface area contributed by atoms with Gasteiger partial charge in [0.15, 0.2) is 0 Å². The highest BCUT2D eigenvalue weighted by Gasteiger charge is 2.20. The number of hydrogen-bond donors (Lipinski definition) is 1. The molecule has 0 aliphatic carbocycles. The molecule has 1 N–H and O–H groups in total. The Morgan fingerprint density at radius 3 is 2.75 bits per heavy atom. The largest absolute Gasteiger partial charge is 0.307 e. The van der Waals surface area contributed by atoms with Crippen molar-refractivity contribution in [3.63, 3.8) is 0 Å². The first-order valence-corrected chi connectivity index (χ1v) is 7.51. The summed E-state index contributed by atoms with van der Waals surface area (Å²) in [5, 5.41) is 5.88. The van der Waals surface area contributed by atoms with Crippen molar-refractivity contribution in [3.05, 3.63) is 20.8 Å². The molecule has 2 nitrogen and oxygen atoms in total. The molecule has 0 radical (unpaired) electrons. The van der Waals surface area contributed by atoms with Crippen LogP contribution in [-0.4, -0.2) is 31.1 Å². The Labute approximate surface area is 110 Å². The van der Waals surface area contributed by atoms with E-state index in [0.717, 1.165) is 0 Å². The molecule has 1 aliphatic heterocycles. The molecule has 1 saturated heterocycles. The summed E-state index contributed by atoms with van der Waals surface area (Å²) in [5.74, 6) is 0. The Morgan fingerprint density at radius 1 is 1.50 bits per heavy atom. The van der Waals surface area contributed by atoms with Gasteiger partial charge in [-0.05, 0) is 67.3 Å². The quantitative estimate of drug-likeness (QED) is 0.922. The summed E-state index contributed by atoms with van der Waals surface area (Å²) >= 11 is 5.43. The van der Waals surface area contributed by atoms with Gasteiger partial charge in [-0.1, -0.05) is 0 Å². The van der Waals surface area contributed by atoms with E-state index in [2.05, 4.69) is 51.6 Å². The van der Waals surface area contributed by atoms with Crippen LogP contribution < -0.4 is 5.32 Å². The fourth-order valence-electron chi connectivity index (χ4n) is 2.22. The lowest BCUT2D eigenvalue weighted by Gasteiger charge is -2.31. The van der Waals surface area contributed by atoms with Crippen LogP contribution in [0.2, 0.25) is 0 Å². The Hall–Kier alpha value is 0.100. The van der Waals surface area contributed by atoms with Gasteiger partial charge in [-0.3, -0.25) is 0 Å². The first kappa shape index (κ1) is 12.6. The third-order valence-corrected chi connectivity index (χ3v) is 5.30. The topological polar surface area (TPSA) is 15.3 Å². The molecule has 1 aromatic heterocycles. The van der Waals surface area contributed by atoms with Crippen molar-refractivity contribution in [2.45, 2.75) is 31.8 Å². The minimum absolute atomic E-state index is 0.461. The highest BCUT2D eigenvalue weighted by molar-refractivity contribution is 9.10. The molecule has 1 atom stereocenters. The predicted molar refractivity (Wildman–Crippen MR) is 74.1 cm³/mol. The van der Waals surface area contributed by atoms with Gasteiger partial charge in [-0.15, -0.1) is 11.3 Å². The zero-order chi connectivity index (χ0) is 11.5. The van der Waals surface area contributed by atoms with Gasteiger partial charge in [0, 0.05) is 21.4 Å². The summed E-state index contributed by atoms with van der Waals surface area (Å²) in [6.45, 7) is 4.70. The Morgan fingerprint density at radius 2 is 2.19 bits per heavy atom. The van der Waals surface area contributed by atoms with Crippen LogP contribution in [0, 0.1) is 0 Å². The molecule has 2 heterocycles. The van der Waals surface area contributed by atoms with Gasteiger partial charge >= 0.3 is 0 Å². The van der Waals surface area contributed by atoms with Crippen molar-refractivity contribution in [1.82, 2.24) is 10.2 Å². The molecule has 1 aliphatic rings. The lowest BCUT2D eigenvalue weighted by molar-refractivity contribution is 0.227. The maximum absolute atomic E-state index is 3.74. The van der Waals surface area contributed by atoms with E-state index in [4.69, 9.17) is 0 Å². The number of hydrogen-bond acceptors (Lipinski definition) is 3. The van der Waals surface area contributed by atoms with Gasteiger partial charge in [0.1, 0.15) is 0 Å². The average molecular weight is 303 g/mol. The maximum Gasteiger partial charge on any atom is 0.0399 e. The standard InChI is InChI=1S/C12H19BrN2S/c1-9(12-11(13)5-8-16-12)14-10-3-6-15(2)7-4-10/h5,8-10,14H,3-4,6-7H2,1-2H3. The number of nitrogens with zero attached hydrogens (tertiary/aromatic N) is 1. The van der Waals surface area contributed by atoms with Gasteiger partial charge in [-0.25, -0.2) is 0 Å². The number of piperidine rings is 1. The second-order valence-electron chi connectivity index (χ2n) is 4.60. The minimum atomic E-state index is 0.461. The predicted octanol–water partition coefficient (Wildman–Crippen LogP) is 3.26. The van der Waals surface area contributed by atoms with Crippen molar-refractivity contribution >= 4 is 27.3 Å². The van der Waals surface area contributed by atoms with Crippen molar-refractivity contribution in [2.75, 3.05) is 20.1 Å². The lowest BCUT2D eigenvalue weighted by atomic mass is 10.0. The molecule has 1 aromatic rings. The van der Waals surface area contributed by atoms with Crippen LogP contribution in [0.25, 0.3) is 0 Å². The number of nitrogens with one attached hydrogen (secondary N) is 1. The molecule has 0 bridgehead atoms. The molecule has 1 unspecified atom stereocenters. The highest BCUT2D eigenvalue weighted by atomic mass is 79.9. The third-order valence-electron chi connectivity index (χ3n) is 3.24. The number of thiophene rings is 1. The molecule has 0 amide bonds. The van der Waals surface area contributed by atoms with E-state index in [0.29, 0.717) is 12.1 Å². The summed E-state index contributed by atoms with van der Waals surface area (Å²) in [7, 11) is 2.20. The zero-order valence-electron chi connectivity index (χ0n) is 9.87. The maximum atomic E-state index is 3.74. The Balaban J connectivity index is 1.88. The normalized spacial score (nSPS) is 21.2.